The van der Waals surface area contributed by atoms with Crippen molar-refractivity contribution < 1.29 is 47.2 Å². The van der Waals surface area contributed by atoms with E-state index in [1.165, 1.54) is 157 Å². The molecular formula is C110H218F3N29O7. The van der Waals surface area contributed by atoms with Gasteiger partial charge in [-0.15, -0.1) is 0 Å². The topological polar surface area (TPSA) is 274 Å². The normalized spacial score (nSPS) is 27.8. The Labute approximate surface area is 902 Å². The molecule has 36 nitrogen and oxygen atoms in total. The summed E-state index contributed by atoms with van der Waals surface area (Å²) in [6.07, 6.45) is 17.9. The number of hydrogen-bond donors (Lipinski definition) is 6. The number of carbonyl (C=O) groups is 1. The molecular weight excluding hydrogens is 1900 g/mol. The van der Waals surface area contributed by atoms with Gasteiger partial charge >= 0.3 is 0 Å². The summed E-state index contributed by atoms with van der Waals surface area (Å²) in [5.41, 5.74) is 8.99. The first-order chi connectivity index (χ1) is 70.6. The summed E-state index contributed by atoms with van der Waals surface area (Å²) in [4.78, 5) is 73.2. The van der Waals surface area contributed by atoms with Crippen molar-refractivity contribution in [3.05, 3.63) is 81.6 Å². The van der Waals surface area contributed by atoms with Crippen LogP contribution in [0.15, 0.2) is 28.9 Å². The summed E-state index contributed by atoms with van der Waals surface area (Å²) in [6, 6.07) is 8.05. The largest absolute Gasteiger partial charge is 0.444 e. The molecule has 4 aromatic rings. The quantitative estimate of drug-likeness (QED) is 0.126. The average Bonchev–Trinajstić information content (AvgIpc) is 1.68. The number of pyridine rings is 1. The summed E-state index contributed by atoms with van der Waals surface area (Å²) in [5, 5.41) is 37.2. The third-order valence-corrected chi connectivity index (χ3v) is 30.0. The SMILES string of the molecule is CCOC1CCN(C)C1.CN1CCC(=O)C1.CN1CCC(F)C1.CN1CCC(N(C)C)C1.CN1CCC(O)C1.CN1CC[C@@H](F)C1.CN1CC[C@@H](N(C)C)C1.CN1CC[C@@H](O)C1.CN1CC[C@H](F)C1.CN1CC[C@H](N(C)C)C1.CN1CC[C@H](O)C1.CN1Cc2cccnc2C1.CN1Cc2cnn(C)c2C1.CN[C@@H]1CCN(C)C1.CN[C@H]1CCN(C)C1.COC1CCN(C)C1.Cc1nc2c([nH]1)CN(C)C2.Cc1nc2c(o1)CN(C)C2. The molecule has 22 heterocycles. The van der Waals surface area contributed by atoms with E-state index in [1.807, 2.05) is 127 Å². The maximum atomic E-state index is 12.1. The number of alkyl halides is 3. The Morgan fingerprint density at radius 3 is 1.04 bits per heavy atom. The van der Waals surface area contributed by atoms with Crippen molar-refractivity contribution in [2.75, 3.05) is 380 Å². The predicted molar refractivity (Wildman–Crippen MR) is 604 cm³/mol. The molecule has 22 rings (SSSR count). The number of hydrogen-bond acceptors (Lipinski definition) is 34. The molecule has 14 saturated heterocycles. The molecule has 18 aliphatic rings. The standard InChI is InChI=1S/C8H10N2.2C7H11N3.C7H10N2O.3C7H16N2.C7H15NO.2C6H14N2.C6H13NO.3C5H10FN.3C5H11NO.C5H9NO/c1-10-5-7-3-2-4-9-8(7)6-10;1-9-4-6-3-8-10(2)7(6)5-9;1-5-8-6-3-10(2)4-7(6)9-5;1-5-8-6-3-9(2)4-7(6)10-5;3*1-8(2)7-4-5-9(3)6-7;1-3-9-7-4-5-8(2)6-7;2*1-7-6-3-4-8(2)5-6;1-7-4-3-6(5-7)8-2;3*1-7-3-2-5(6)4-7;4*1-6-3-2-5(7)4-6/h2-4H,5-6H2,1H3;3H,4-5H2,1-2H3;3-4H2,1-2H3,(H,8,9);3-4H2,1-2H3;3*7H,4-6H2,1-3H3;7H,3-6H2,1-2H3;2*6-7H,3-5H2,1-2H3;6H,3-5H2,1-2H3;3*5H,2-4H2,1H3;3*5,7H,2-4H2,1H3;2-4H2,1H3/t;;;;2*7-;;;2*6-;;2*5-;;2*5-;;/m....10..10.10.10../s1. The molecule has 18 aliphatic heterocycles. The van der Waals surface area contributed by atoms with Gasteiger partial charge in [-0.2, -0.15) is 5.10 Å². The highest BCUT2D eigenvalue weighted by Crippen LogP contribution is 2.25. The van der Waals surface area contributed by atoms with Crippen molar-refractivity contribution in [1.82, 2.24) is 143 Å². The number of methoxy groups -OCH3 is 1. The fraction of sp³-hybridized carbons (Fsp3) is 0.864. The lowest BCUT2D eigenvalue weighted by Crippen LogP contribution is -2.30. The van der Waals surface area contributed by atoms with Crippen LogP contribution in [0.5, 0.6) is 0 Å². The van der Waals surface area contributed by atoms with E-state index in [2.05, 4.69) is 252 Å². The first kappa shape index (κ1) is 135. The number of H-pyrrole nitrogens is 1. The molecule has 13 atom stereocenters. The van der Waals surface area contributed by atoms with Crippen molar-refractivity contribution in [2.24, 2.45) is 7.05 Å². The summed E-state index contributed by atoms with van der Waals surface area (Å²) >= 11 is 0. The van der Waals surface area contributed by atoms with Gasteiger partial charge in [-0.05, 0) is 325 Å². The zero-order valence-electron chi connectivity index (χ0n) is 99.6. The van der Waals surface area contributed by atoms with Crippen LogP contribution >= 0.6 is 0 Å². The second kappa shape index (κ2) is 73.6. The molecule has 0 bridgehead atoms. The van der Waals surface area contributed by atoms with Crippen molar-refractivity contribution in [2.45, 2.75) is 242 Å². The highest BCUT2D eigenvalue weighted by atomic mass is 19.1. The Hall–Kier alpha value is -4.88. The van der Waals surface area contributed by atoms with Gasteiger partial charge in [0.25, 0.3) is 0 Å². The van der Waals surface area contributed by atoms with Gasteiger partial charge in [-0.25, -0.2) is 23.1 Å². The summed E-state index contributed by atoms with van der Waals surface area (Å²) in [5.74, 6) is 3.25. The van der Waals surface area contributed by atoms with Crippen LogP contribution in [0.25, 0.3) is 0 Å². The Balaban J connectivity index is 0.000000278. The summed E-state index contributed by atoms with van der Waals surface area (Å²) in [7, 11) is 58.2. The number of Topliss-reactive ketones (excluding diaryl/α,β-unsaturated/α-hetero) is 1. The lowest BCUT2D eigenvalue weighted by Gasteiger charge is -2.17. The fourth-order valence-corrected chi connectivity index (χ4v) is 20.4. The number of fused-ring (bicyclic) bond motifs is 4. The van der Waals surface area contributed by atoms with Crippen molar-refractivity contribution in [3.8, 4) is 0 Å². The number of oxazole rings is 1. The van der Waals surface area contributed by atoms with E-state index >= 15 is 0 Å². The molecule has 0 aromatic carbocycles. The monoisotopic (exact) mass is 2110 g/mol. The van der Waals surface area contributed by atoms with Crippen molar-refractivity contribution in [3.63, 3.8) is 0 Å². The number of ketones is 1. The number of nitrogens with zero attached hydrogens (tertiary/aromatic N) is 26. The van der Waals surface area contributed by atoms with E-state index < -0.39 is 18.5 Å². The van der Waals surface area contributed by atoms with E-state index in [0.29, 0.717) is 44.2 Å². The molecule has 0 spiro atoms. The molecule has 4 aromatic heterocycles. The first-order valence-electron chi connectivity index (χ1n) is 55.8. The Kier molecular flexibility index (Phi) is 66.5. The highest BCUT2D eigenvalue weighted by molar-refractivity contribution is 5.82. The van der Waals surface area contributed by atoms with Gasteiger partial charge in [-0.3, -0.25) is 39.0 Å². The van der Waals surface area contributed by atoms with Crippen LogP contribution in [0.1, 0.15) is 154 Å². The zero-order valence-corrected chi connectivity index (χ0v) is 99.6. The zero-order chi connectivity index (χ0) is 111. The lowest BCUT2D eigenvalue weighted by atomic mass is 10.2. The third kappa shape index (κ3) is 57.8. The van der Waals surface area contributed by atoms with Gasteiger partial charge in [0.15, 0.2) is 5.89 Å². The molecule has 14 fully saturated rings. The number of β-amino-alcohol motifs (C(OH)–C–C–N with tert-alkyl or cyclic N) is 3. The van der Waals surface area contributed by atoms with Crippen LogP contribution in [0, 0.1) is 13.8 Å². The summed E-state index contributed by atoms with van der Waals surface area (Å²) < 4.78 is 54.3. The lowest BCUT2D eigenvalue weighted by molar-refractivity contribution is -0.116. The van der Waals surface area contributed by atoms with E-state index in [-0.39, 0.29) is 18.3 Å². The number of aryl methyl sites for hydroxylation is 3. The Morgan fingerprint density at radius 1 is 0.396 bits per heavy atom. The molecule has 0 saturated carbocycles. The first-order valence-corrected chi connectivity index (χ1v) is 55.8. The number of likely N-dealkylation sites (N-methyl/N-ethyl adjacent to an activating group) is 16. The maximum Gasteiger partial charge on any atom is 0.191 e. The van der Waals surface area contributed by atoms with Crippen LogP contribution < -0.4 is 10.6 Å². The number of imidazole rings is 1. The van der Waals surface area contributed by atoms with Crippen LogP contribution in [-0.2, 0) is 73.7 Å². The van der Waals surface area contributed by atoms with Gasteiger partial charge in [0.2, 0.25) is 0 Å². The van der Waals surface area contributed by atoms with E-state index in [1.54, 1.807) is 7.11 Å². The van der Waals surface area contributed by atoms with Crippen LogP contribution in [0.3, 0.4) is 0 Å². The molecule has 0 aliphatic carbocycles. The number of aromatic amines is 1. The van der Waals surface area contributed by atoms with Crippen LogP contribution in [-0.4, -0.2) is 613 Å². The van der Waals surface area contributed by atoms with Gasteiger partial charge in [-0.1, -0.05) is 6.07 Å². The third-order valence-electron chi connectivity index (χ3n) is 30.0. The molecule has 866 valence electrons. The number of nitrogens with one attached hydrogen (secondary N) is 3. The van der Waals surface area contributed by atoms with Crippen LogP contribution in [0.4, 0.5) is 13.2 Å². The van der Waals surface area contributed by atoms with Crippen molar-refractivity contribution >= 4 is 5.78 Å². The van der Waals surface area contributed by atoms with E-state index in [4.69, 9.17) is 29.2 Å². The number of halogens is 3. The molecule has 5 unspecified atom stereocenters. The number of aromatic nitrogens is 6. The molecule has 6 N–H and O–H groups in total. The second-order valence-corrected chi connectivity index (χ2v) is 46.1. The number of aliphatic hydroxyl groups excluding tert-OH is 3. The number of ether oxygens (including phenoxy) is 2. The van der Waals surface area contributed by atoms with Crippen LogP contribution in [0.2, 0.25) is 0 Å². The van der Waals surface area contributed by atoms with Gasteiger partial charge in [0.05, 0.1) is 78.3 Å². The highest BCUT2D eigenvalue weighted by Gasteiger charge is 2.30. The predicted octanol–water partition coefficient (Wildman–Crippen LogP) is 5.54. The van der Waals surface area contributed by atoms with Gasteiger partial charge in [0, 0.05) is 266 Å². The van der Waals surface area contributed by atoms with E-state index in [0.717, 1.165) is 236 Å². The number of aliphatic hydroxyl groups is 3. The number of rotatable bonds is 8. The smallest absolute Gasteiger partial charge is 0.191 e. The summed E-state index contributed by atoms with van der Waals surface area (Å²) in [6.45, 7) is 44.0. The Bertz CT molecular complexity index is 3670. The van der Waals surface area contributed by atoms with Gasteiger partial charge < -0.3 is 123 Å². The molecule has 149 heavy (non-hydrogen) atoms. The number of carbonyl (C=O) groups excluding carboxylic acids is 1. The van der Waals surface area contributed by atoms with E-state index in [9.17, 15) is 18.0 Å². The number of likely N-dealkylation sites (tertiary alicyclic amines) is 14. The minimum Gasteiger partial charge on any atom is -0.444 e. The van der Waals surface area contributed by atoms with Gasteiger partial charge in [0.1, 0.15) is 35.9 Å². The average molecular weight is 2120 g/mol. The molecule has 0 radical (unpaired) electrons. The Morgan fingerprint density at radius 2 is 0.765 bits per heavy atom. The maximum absolute atomic E-state index is 12.1. The van der Waals surface area contributed by atoms with Crippen molar-refractivity contribution in [1.29, 1.82) is 0 Å². The second-order valence-electron chi connectivity index (χ2n) is 46.1. The molecule has 0 amide bonds. The minimum absolute atomic E-state index is 0.0509. The molecule has 39 heteroatoms. The fourth-order valence-electron chi connectivity index (χ4n) is 20.4. The minimum atomic E-state index is -0.551.